The fourth-order valence-corrected chi connectivity index (χ4v) is 3.80. The number of ether oxygens (including phenoxy) is 2. The SMILES string of the molecule is COCCn1c(Nc2c[nH]c3ccc(Br)nc23)nc2cc(Oc3ccccc3)ccc21. The number of fused-ring (bicyclic) bond motifs is 2. The first kappa shape index (κ1) is 19.6. The first-order valence-corrected chi connectivity index (χ1v) is 10.6. The van der Waals surface area contributed by atoms with Gasteiger partial charge in [-0.2, -0.15) is 0 Å². The molecule has 0 aliphatic heterocycles. The number of nitrogens with zero attached hydrogens (tertiary/aromatic N) is 3. The third kappa shape index (κ3) is 3.99. The number of aromatic amines is 1. The molecule has 31 heavy (non-hydrogen) atoms. The van der Waals surface area contributed by atoms with E-state index >= 15 is 0 Å². The van der Waals surface area contributed by atoms with Crippen LogP contribution in [0.1, 0.15) is 0 Å². The molecule has 0 spiro atoms. The van der Waals surface area contributed by atoms with Gasteiger partial charge < -0.3 is 24.3 Å². The lowest BCUT2D eigenvalue weighted by molar-refractivity contribution is 0.189. The van der Waals surface area contributed by atoms with E-state index in [4.69, 9.17) is 14.5 Å². The van der Waals surface area contributed by atoms with Crippen LogP contribution in [0, 0.1) is 0 Å². The summed E-state index contributed by atoms with van der Waals surface area (Å²) in [6.07, 6.45) is 1.90. The Morgan fingerprint density at radius 1 is 1.03 bits per heavy atom. The van der Waals surface area contributed by atoms with Crippen LogP contribution in [0.25, 0.3) is 22.1 Å². The molecule has 0 radical (unpaired) electrons. The number of aromatic nitrogens is 4. The van der Waals surface area contributed by atoms with E-state index in [-0.39, 0.29) is 0 Å². The van der Waals surface area contributed by atoms with Crippen molar-refractivity contribution in [1.82, 2.24) is 19.5 Å². The summed E-state index contributed by atoms with van der Waals surface area (Å²) in [7, 11) is 1.69. The van der Waals surface area contributed by atoms with Crippen LogP contribution >= 0.6 is 15.9 Å². The molecule has 7 nitrogen and oxygen atoms in total. The van der Waals surface area contributed by atoms with Crippen LogP contribution in [0.15, 0.2) is 71.5 Å². The second kappa shape index (κ2) is 8.41. The number of hydrogen-bond acceptors (Lipinski definition) is 5. The van der Waals surface area contributed by atoms with Crippen molar-refractivity contribution in [3.8, 4) is 11.5 Å². The van der Waals surface area contributed by atoms with Gasteiger partial charge >= 0.3 is 0 Å². The molecule has 8 heteroatoms. The van der Waals surface area contributed by atoms with Crippen molar-refractivity contribution < 1.29 is 9.47 Å². The maximum Gasteiger partial charge on any atom is 0.208 e. The number of halogens is 1. The topological polar surface area (TPSA) is 77.0 Å². The quantitative estimate of drug-likeness (QED) is 0.287. The zero-order valence-electron chi connectivity index (χ0n) is 16.8. The number of anilines is 2. The van der Waals surface area contributed by atoms with Crippen molar-refractivity contribution in [3.05, 3.63) is 71.5 Å². The third-order valence-electron chi connectivity index (χ3n) is 4.95. The van der Waals surface area contributed by atoms with Crippen LogP contribution in [-0.4, -0.2) is 33.2 Å². The summed E-state index contributed by atoms with van der Waals surface area (Å²) in [4.78, 5) is 12.7. The van der Waals surface area contributed by atoms with Gasteiger partial charge in [0.25, 0.3) is 0 Å². The molecule has 0 saturated carbocycles. The Morgan fingerprint density at radius 3 is 2.74 bits per heavy atom. The van der Waals surface area contributed by atoms with Gasteiger partial charge in [0, 0.05) is 25.9 Å². The minimum absolute atomic E-state index is 0.570. The van der Waals surface area contributed by atoms with E-state index in [0.717, 1.165) is 43.9 Å². The van der Waals surface area contributed by atoms with Gasteiger partial charge in [0.2, 0.25) is 5.95 Å². The van der Waals surface area contributed by atoms with Gasteiger partial charge in [-0.1, -0.05) is 18.2 Å². The summed E-state index contributed by atoms with van der Waals surface area (Å²) in [5.41, 5.74) is 4.47. The fraction of sp³-hybridized carbons (Fsp3) is 0.130. The van der Waals surface area contributed by atoms with E-state index in [2.05, 4.69) is 35.8 Å². The monoisotopic (exact) mass is 477 g/mol. The first-order chi connectivity index (χ1) is 15.2. The van der Waals surface area contributed by atoms with Gasteiger partial charge in [-0.25, -0.2) is 9.97 Å². The molecular formula is C23H20BrN5O2. The Hall–Kier alpha value is -3.36. The van der Waals surface area contributed by atoms with Crippen molar-refractivity contribution in [2.45, 2.75) is 6.54 Å². The molecule has 0 atom stereocenters. The van der Waals surface area contributed by atoms with Gasteiger partial charge in [0.1, 0.15) is 21.6 Å². The molecule has 3 heterocycles. The zero-order valence-corrected chi connectivity index (χ0v) is 18.4. The average Bonchev–Trinajstić information content (AvgIpc) is 3.33. The molecule has 0 aliphatic carbocycles. The molecule has 2 N–H and O–H groups in total. The number of pyridine rings is 1. The summed E-state index contributed by atoms with van der Waals surface area (Å²) >= 11 is 3.44. The maximum absolute atomic E-state index is 5.98. The van der Waals surface area contributed by atoms with Gasteiger partial charge in [-0.05, 0) is 52.3 Å². The van der Waals surface area contributed by atoms with Crippen molar-refractivity contribution in [2.24, 2.45) is 0 Å². The van der Waals surface area contributed by atoms with Crippen LogP contribution in [0.3, 0.4) is 0 Å². The highest BCUT2D eigenvalue weighted by Gasteiger charge is 2.14. The number of methoxy groups -OCH3 is 1. The molecule has 0 bridgehead atoms. The first-order valence-electron chi connectivity index (χ1n) is 9.84. The molecule has 5 rings (SSSR count). The van der Waals surface area contributed by atoms with Gasteiger partial charge in [-0.3, -0.25) is 0 Å². The summed E-state index contributed by atoms with van der Waals surface area (Å²) in [5.74, 6) is 2.24. The zero-order chi connectivity index (χ0) is 21.2. The molecule has 0 unspecified atom stereocenters. The predicted molar refractivity (Wildman–Crippen MR) is 125 cm³/mol. The Labute approximate surface area is 187 Å². The molecular weight excluding hydrogens is 458 g/mol. The number of H-pyrrole nitrogens is 1. The largest absolute Gasteiger partial charge is 0.457 e. The van der Waals surface area contributed by atoms with E-state index < -0.39 is 0 Å². The maximum atomic E-state index is 5.98. The van der Waals surface area contributed by atoms with E-state index in [9.17, 15) is 0 Å². The van der Waals surface area contributed by atoms with Crippen LogP contribution in [0.5, 0.6) is 11.5 Å². The van der Waals surface area contributed by atoms with Crippen LogP contribution < -0.4 is 10.1 Å². The lowest BCUT2D eigenvalue weighted by Gasteiger charge is -2.10. The Kier molecular flexibility index (Phi) is 5.31. The van der Waals surface area contributed by atoms with Crippen molar-refractivity contribution in [3.63, 3.8) is 0 Å². The normalized spacial score (nSPS) is 11.3. The van der Waals surface area contributed by atoms with Crippen molar-refractivity contribution in [1.29, 1.82) is 0 Å². The van der Waals surface area contributed by atoms with E-state index in [1.54, 1.807) is 7.11 Å². The summed E-state index contributed by atoms with van der Waals surface area (Å²) in [5, 5.41) is 3.43. The molecule has 0 amide bonds. The minimum Gasteiger partial charge on any atom is -0.457 e. The molecule has 2 aromatic carbocycles. The van der Waals surface area contributed by atoms with Crippen LogP contribution in [0.2, 0.25) is 0 Å². The molecule has 3 aromatic heterocycles. The van der Waals surface area contributed by atoms with E-state index in [1.807, 2.05) is 66.9 Å². The summed E-state index contributed by atoms with van der Waals surface area (Å²) in [6, 6.07) is 19.5. The van der Waals surface area contributed by atoms with E-state index in [1.165, 1.54) is 0 Å². The average molecular weight is 478 g/mol. The molecule has 0 fully saturated rings. The molecule has 0 saturated heterocycles. The standard InChI is InChI=1S/C23H20BrN5O2/c1-30-12-11-29-20-9-7-16(31-15-5-3-2-4-6-15)13-18(20)26-23(29)27-19-14-25-17-8-10-21(24)28-22(17)19/h2-10,13-14,25H,11-12H2,1H3,(H,26,27). The number of benzene rings is 2. The number of hydrogen-bond donors (Lipinski definition) is 2. The minimum atomic E-state index is 0.570. The van der Waals surface area contributed by atoms with Gasteiger partial charge in [0.05, 0.1) is 28.8 Å². The van der Waals surface area contributed by atoms with Gasteiger partial charge in [-0.15, -0.1) is 0 Å². The van der Waals surface area contributed by atoms with Gasteiger partial charge in [0.15, 0.2) is 0 Å². The van der Waals surface area contributed by atoms with Crippen molar-refractivity contribution in [2.75, 3.05) is 19.0 Å². The molecule has 5 aromatic rings. The predicted octanol–water partition coefficient (Wildman–Crippen LogP) is 5.86. The molecule has 0 aliphatic rings. The summed E-state index contributed by atoms with van der Waals surface area (Å²) in [6.45, 7) is 1.23. The number of rotatable bonds is 7. The van der Waals surface area contributed by atoms with Crippen LogP contribution in [0.4, 0.5) is 11.6 Å². The highest BCUT2D eigenvalue weighted by Crippen LogP contribution is 2.30. The number of imidazole rings is 1. The summed E-state index contributed by atoms with van der Waals surface area (Å²) < 4.78 is 14.2. The third-order valence-corrected chi connectivity index (χ3v) is 5.39. The highest BCUT2D eigenvalue weighted by atomic mass is 79.9. The second-order valence-corrected chi connectivity index (χ2v) is 7.82. The Balaban J connectivity index is 1.53. The second-order valence-electron chi connectivity index (χ2n) is 7.00. The number of nitrogens with one attached hydrogen (secondary N) is 2. The smallest absolute Gasteiger partial charge is 0.208 e. The lowest BCUT2D eigenvalue weighted by atomic mass is 10.3. The number of para-hydroxylation sites is 1. The highest BCUT2D eigenvalue weighted by molar-refractivity contribution is 9.10. The fourth-order valence-electron chi connectivity index (χ4n) is 3.49. The molecule has 156 valence electrons. The lowest BCUT2D eigenvalue weighted by Crippen LogP contribution is -2.08. The van der Waals surface area contributed by atoms with Crippen LogP contribution in [-0.2, 0) is 11.3 Å². The Bertz CT molecular complexity index is 1350. The van der Waals surface area contributed by atoms with Crippen molar-refractivity contribution >= 4 is 49.6 Å². The Morgan fingerprint density at radius 2 is 1.90 bits per heavy atom. The van der Waals surface area contributed by atoms with E-state index in [0.29, 0.717) is 19.1 Å².